The van der Waals surface area contributed by atoms with Crippen molar-refractivity contribution in [3.63, 3.8) is 0 Å². The van der Waals surface area contributed by atoms with Crippen LogP contribution in [-0.2, 0) is 0 Å². The Morgan fingerprint density at radius 3 is 2.70 bits per heavy atom. The smallest absolute Gasteiger partial charge is 0.164 e. The number of fused-ring (bicyclic) bond motifs is 1. The normalized spacial score (nSPS) is 26.4. The lowest BCUT2D eigenvalue weighted by atomic mass is 9.91. The Morgan fingerprint density at radius 1 is 1.15 bits per heavy atom. The molecular weight excluding hydrogens is 314 g/mol. The number of halogens is 1. The number of Topliss-reactive ketones (excluding diaryl/α,β-unsaturated/α-hetero) is 1. The third kappa shape index (κ3) is 3.15. The number of carbonyl (C=O) groups excluding carboxylic acids is 1. The van der Waals surface area contributed by atoms with E-state index in [0.29, 0.717) is 6.42 Å². The number of piperidine rings is 1. The van der Waals surface area contributed by atoms with Crippen LogP contribution in [0.5, 0.6) is 0 Å². The van der Waals surface area contributed by atoms with Gasteiger partial charge in [-0.25, -0.2) is 0 Å². The molecular formula is C17H22BrNO. The van der Waals surface area contributed by atoms with Gasteiger partial charge in [0.05, 0.1) is 0 Å². The Kier molecular flexibility index (Phi) is 4.57. The average molecular weight is 336 g/mol. The quantitative estimate of drug-likeness (QED) is 0.765. The summed E-state index contributed by atoms with van der Waals surface area (Å²) >= 11 is 3.41. The van der Waals surface area contributed by atoms with E-state index in [2.05, 4.69) is 20.8 Å². The van der Waals surface area contributed by atoms with Crippen LogP contribution in [0, 0.1) is 5.92 Å². The summed E-state index contributed by atoms with van der Waals surface area (Å²) in [5.74, 6) is 1.18. The summed E-state index contributed by atoms with van der Waals surface area (Å²) in [4.78, 5) is 14.8. The van der Waals surface area contributed by atoms with E-state index < -0.39 is 0 Å². The van der Waals surface area contributed by atoms with Gasteiger partial charge in [-0.1, -0.05) is 34.5 Å². The second-order valence-corrected chi connectivity index (χ2v) is 7.03. The zero-order chi connectivity index (χ0) is 13.9. The predicted octanol–water partition coefficient (Wildman–Crippen LogP) is 4.29. The maximum Gasteiger partial charge on any atom is 0.164 e. The fraction of sp³-hybridized carbons (Fsp3) is 0.588. The number of rotatable bonds is 4. The number of ketones is 1. The van der Waals surface area contributed by atoms with Crippen molar-refractivity contribution >= 4 is 21.7 Å². The van der Waals surface area contributed by atoms with Crippen molar-refractivity contribution in [1.82, 2.24) is 4.90 Å². The highest BCUT2D eigenvalue weighted by Gasteiger charge is 2.34. The SMILES string of the molecule is O=C(CCN1CCCC2CCCC21)c1ccc(Br)cc1. The predicted molar refractivity (Wildman–Crippen MR) is 85.0 cm³/mol. The summed E-state index contributed by atoms with van der Waals surface area (Å²) < 4.78 is 1.03. The topological polar surface area (TPSA) is 20.3 Å². The minimum atomic E-state index is 0.276. The standard InChI is InChI=1S/C17H22BrNO/c18-15-8-6-14(7-9-15)17(20)10-12-19-11-2-4-13-3-1-5-16(13)19/h6-9,13,16H,1-5,10-12H2. The Balaban J connectivity index is 1.56. The van der Waals surface area contributed by atoms with Crippen molar-refractivity contribution in [3.8, 4) is 0 Å². The molecule has 2 unspecified atom stereocenters. The van der Waals surface area contributed by atoms with Gasteiger partial charge in [-0.3, -0.25) is 9.69 Å². The molecule has 2 fully saturated rings. The minimum absolute atomic E-state index is 0.276. The van der Waals surface area contributed by atoms with Gasteiger partial charge in [-0.2, -0.15) is 0 Å². The molecule has 1 aromatic rings. The molecule has 108 valence electrons. The molecule has 2 atom stereocenters. The van der Waals surface area contributed by atoms with Crippen LogP contribution in [0.25, 0.3) is 0 Å². The van der Waals surface area contributed by atoms with Crippen molar-refractivity contribution < 1.29 is 4.79 Å². The molecule has 1 heterocycles. The highest BCUT2D eigenvalue weighted by molar-refractivity contribution is 9.10. The van der Waals surface area contributed by atoms with Gasteiger partial charge in [0, 0.05) is 29.0 Å². The zero-order valence-corrected chi connectivity index (χ0v) is 13.4. The second kappa shape index (κ2) is 6.40. The van der Waals surface area contributed by atoms with Gasteiger partial charge in [-0.15, -0.1) is 0 Å². The molecule has 0 N–H and O–H groups in total. The molecule has 1 saturated carbocycles. The summed E-state index contributed by atoms with van der Waals surface area (Å²) in [6.45, 7) is 2.13. The second-order valence-electron chi connectivity index (χ2n) is 6.12. The highest BCUT2D eigenvalue weighted by atomic mass is 79.9. The molecule has 0 radical (unpaired) electrons. The van der Waals surface area contributed by atoms with Gasteiger partial charge < -0.3 is 0 Å². The van der Waals surface area contributed by atoms with E-state index in [0.717, 1.165) is 28.5 Å². The van der Waals surface area contributed by atoms with Crippen LogP contribution in [0.15, 0.2) is 28.7 Å². The van der Waals surface area contributed by atoms with Crippen LogP contribution < -0.4 is 0 Å². The van der Waals surface area contributed by atoms with Crippen molar-refractivity contribution in [3.05, 3.63) is 34.3 Å². The molecule has 2 nitrogen and oxygen atoms in total. The lowest BCUT2D eigenvalue weighted by molar-refractivity contribution is 0.0875. The van der Waals surface area contributed by atoms with Gasteiger partial charge >= 0.3 is 0 Å². The van der Waals surface area contributed by atoms with E-state index in [-0.39, 0.29) is 5.78 Å². The summed E-state index contributed by atoms with van der Waals surface area (Å²) in [6.07, 6.45) is 7.51. The summed E-state index contributed by atoms with van der Waals surface area (Å²) in [5, 5.41) is 0. The van der Waals surface area contributed by atoms with Crippen molar-refractivity contribution in [2.24, 2.45) is 5.92 Å². The average Bonchev–Trinajstić information content (AvgIpc) is 2.94. The molecule has 1 saturated heterocycles. The molecule has 1 aliphatic heterocycles. The first-order valence-corrected chi connectivity index (χ1v) is 8.56. The lowest BCUT2D eigenvalue weighted by Crippen LogP contribution is -2.43. The monoisotopic (exact) mass is 335 g/mol. The number of hydrogen-bond acceptors (Lipinski definition) is 2. The van der Waals surface area contributed by atoms with Crippen LogP contribution in [0.2, 0.25) is 0 Å². The van der Waals surface area contributed by atoms with Gasteiger partial charge in [-0.05, 0) is 50.3 Å². The molecule has 3 rings (SSSR count). The highest BCUT2D eigenvalue weighted by Crippen LogP contribution is 2.36. The Morgan fingerprint density at radius 2 is 1.90 bits per heavy atom. The van der Waals surface area contributed by atoms with Crippen LogP contribution in [0.1, 0.15) is 48.9 Å². The Bertz CT molecular complexity index is 470. The summed E-state index contributed by atoms with van der Waals surface area (Å²) in [7, 11) is 0. The van der Waals surface area contributed by atoms with Crippen molar-refractivity contribution in [2.45, 2.75) is 44.6 Å². The van der Waals surface area contributed by atoms with E-state index >= 15 is 0 Å². The van der Waals surface area contributed by atoms with Crippen molar-refractivity contribution in [1.29, 1.82) is 0 Å². The third-order valence-electron chi connectivity index (χ3n) is 4.90. The first-order chi connectivity index (χ1) is 9.74. The van der Waals surface area contributed by atoms with Crippen LogP contribution in [-0.4, -0.2) is 29.8 Å². The summed E-state index contributed by atoms with van der Waals surface area (Å²) in [6, 6.07) is 8.49. The fourth-order valence-corrected chi connectivity index (χ4v) is 4.12. The lowest BCUT2D eigenvalue weighted by Gasteiger charge is -2.37. The molecule has 1 aromatic carbocycles. The minimum Gasteiger partial charge on any atom is -0.300 e. The molecule has 2 aliphatic rings. The van der Waals surface area contributed by atoms with Crippen molar-refractivity contribution in [2.75, 3.05) is 13.1 Å². The molecule has 0 spiro atoms. The van der Waals surface area contributed by atoms with E-state index in [1.807, 2.05) is 24.3 Å². The summed E-state index contributed by atoms with van der Waals surface area (Å²) in [5.41, 5.74) is 0.841. The molecule has 20 heavy (non-hydrogen) atoms. The molecule has 3 heteroatoms. The number of nitrogens with zero attached hydrogens (tertiary/aromatic N) is 1. The van der Waals surface area contributed by atoms with E-state index in [4.69, 9.17) is 0 Å². The maximum atomic E-state index is 12.2. The number of carbonyl (C=O) groups is 1. The first kappa shape index (κ1) is 14.3. The van der Waals surface area contributed by atoms with E-state index in [1.54, 1.807) is 0 Å². The molecule has 0 bridgehead atoms. The third-order valence-corrected chi connectivity index (χ3v) is 5.43. The Labute approximate surface area is 129 Å². The number of hydrogen-bond donors (Lipinski definition) is 0. The van der Waals surface area contributed by atoms with Crippen LogP contribution in [0.3, 0.4) is 0 Å². The van der Waals surface area contributed by atoms with Gasteiger partial charge in [0.25, 0.3) is 0 Å². The van der Waals surface area contributed by atoms with Gasteiger partial charge in [0.2, 0.25) is 0 Å². The molecule has 1 aliphatic carbocycles. The van der Waals surface area contributed by atoms with E-state index in [1.165, 1.54) is 38.6 Å². The largest absolute Gasteiger partial charge is 0.300 e. The molecule has 0 amide bonds. The number of likely N-dealkylation sites (tertiary alicyclic amines) is 1. The first-order valence-electron chi connectivity index (χ1n) is 7.77. The van der Waals surface area contributed by atoms with Crippen LogP contribution >= 0.6 is 15.9 Å². The fourth-order valence-electron chi connectivity index (χ4n) is 3.86. The molecule has 0 aromatic heterocycles. The van der Waals surface area contributed by atoms with Gasteiger partial charge in [0.15, 0.2) is 5.78 Å². The van der Waals surface area contributed by atoms with Gasteiger partial charge in [0.1, 0.15) is 0 Å². The van der Waals surface area contributed by atoms with Crippen LogP contribution in [0.4, 0.5) is 0 Å². The number of benzene rings is 1. The Hall–Kier alpha value is -0.670. The maximum absolute atomic E-state index is 12.2. The zero-order valence-electron chi connectivity index (χ0n) is 11.9. The van der Waals surface area contributed by atoms with E-state index in [9.17, 15) is 4.79 Å².